The SMILES string of the molecule is N#Cc1ccc(CC(=O)Nc2nnc(C(F)(F)F)s2)cc1. The zero-order valence-electron chi connectivity index (χ0n) is 10.3. The predicted octanol–water partition coefficient (Wildman–Crippen LogP) is 2.61. The van der Waals surface area contributed by atoms with Crippen molar-refractivity contribution in [3.8, 4) is 6.07 Å². The molecule has 0 radical (unpaired) electrons. The van der Waals surface area contributed by atoms with Crippen LogP contribution in [0.15, 0.2) is 24.3 Å². The van der Waals surface area contributed by atoms with Crippen LogP contribution in [0.2, 0.25) is 0 Å². The number of nitriles is 1. The quantitative estimate of drug-likeness (QED) is 0.945. The highest BCUT2D eigenvalue weighted by Crippen LogP contribution is 2.32. The van der Waals surface area contributed by atoms with E-state index in [1.165, 1.54) is 0 Å². The number of carbonyl (C=O) groups is 1. The first kappa shape index (κ1) is 14.9. The molecule has 0 aliphatic rings. The van der Waals surface area contributed by atoms with Crippen molar-refractivity contribution in [2.45, 2.75) is 12.6 Å². The highest BCUT2D eigenvalue weighted by atomic mass is 32.1. The number of rotatable bonds is 3. The van der Waals surface area contributed by atoms with Crippen molar-refractivity contribution >= 4 is 22.4 Å². The van der Waals surface area contributed by atoms with Gasteiger partial charge in [0.1, 0.15) is 0 Å². The minimum Gasteiger partial charge on any atom is -0.300 e. The van der Waals surface area contributed by atoms with Gasteiger partial charge in [-0.25, -0.2) is 0 Å². The molecule has 0 spiro atoms. The summed E-state index contributed by atoms with van der Waals surface area (Å²) < 4.78 is 37.0. The molecule has 1 aromatic carbocycles. The third kappa shape index (κ3) is 4.00. The van der Waals surface area contributed by atoms with Crippen molar-refractivity contribution in [1.82, 2.24) is 10.2 Å². The second-order valence-electron chi connectivity index (χ2n) is 3.94. The Kier molecular flexibility index (Phi) is 4.18. The number of hydrogen-bond donors (Lipinski definition) is 1. The van der Waals surface area contributed by atoms with E-state index in [0.29, 0.717) is 11.1 Å². The van der Waals surface area contributed by atoms with E-state index >= 15 is 0 Å². The second-order valence-corrected chi connectivity index (χ2v) is 4.92. The Bertz CT molecular complexity index is 688. The minimum atomic E-state index is -4.58. The number of halogens is 3. The number of nitrogens with zero attached hydrogens (tertiary/aromatic N) is 3. The van der Waals surface area contributed by atoms with Crippen LogP contribution in [0, 0.1) is 11.3 Å². The van der Waals surface area contributed by atoms with Crippen molar-refractivity contribution in [1.29, 1.82) is 5.26 Å². The maximum atomic E-state index is 12.3. The molecule has 0 bridgehead atoms. The molecular weight excluding hydrogens is 305 g/mol. The van der Waals surface area contributed by atoms with Gasteiger partial charge in [0.15, 0.2) is 0 Å². The van der Waals surface area contributed by atoms with Crippen molar-refractivity contribution < 1.29 is 18.0 Å². The summed E-state index contributed by atoms with van der Waals surface area (Å²) in [5, 5.41) is 15.8. The smallest absolute Gasteiger partial charge is 0.300 e. The van der Waals surface area contributed by atoms with Crippen LogP contribution in [0.4, 0.5) is 18.3 Å². The summed E-state index contributed by atoms with van der Waals surface area (Å²) in [7, 11) is 0. The van der Waals surface area contributed by atoms with Gasteiger partial charge in [0, 0.05) is 0 Å². The molecule has 5 nitrogen and oxygen atoms in total. The molecule has 2 rings (SSSR count). The van der Waals surface area contributed by atoms with Gasteiger partial charge >= 0.3 is 6.18 Å². The number of nitrogens with one attached hydrogen (secondary N) is 1. The average Bonchev–Trinajstić information content (AvgIpc) is 2.88. The van der Waals surface area contributed by atoms with Crippen molar-refractivity contribution in [3.63, 3.8) is 0 Å². The Morgan fingerprint density at radius 1 is 1.29 bits per heavy atom. The first-order valence-electron chi connectivity index (χ1n) is 5.58. The monoisotopic (exact) mass is 312 g/mol. The lowest BCUT2D eigenvalue weighted by Gasteiger charge is -2.01. The number of amides is 1. The van der Waals surface area contributed by atoms with Gasteiger partial charge in [-0.05, 0) is 17.7 Å². The molecule has 0 aliphatic carbocycles. The molecule has 108 valence electrons. The van der Waals surface area contributed by atoms with Crippen LogP contribution in [-0.4, -0.2) is 16.1 Å². The van der Waals surface area contributed by atoms with Gasteiger partial charge < -0.3 is 5.32 Å². The average molecular weight is 312 g/mol. The number of alkyl halides is 3. The van der Waals surface area contributed by atoms with Gasteiger partial charge in [0.05, 0.1) is 18.1 Å². The van der Waals surface area contributed by atoms with Gasteiger partial charge in [-0.2, -0.15) is 18.4 Å². The molecule has 0 atom stereocenters. The van der Waals surface area contributed by atoms with Gasteiger partial charge in [-0.15, -0.1) is 10.2 Å². The van der Waals surface area contributed by atoms with Crippen LogP contribution in [-0.2, 0) is 17.4 Å². The van der Waals surface area contributed by atoms with Crippen LogP contribution >= 0.6 is 11.3 Å². The molecule has 2 aromatic rings. The Morgan fingerprint density at radius 3 is 2.48 bits per heavy atom. The van der Waals surface area contributed by atoms with Gasteiger partial charge in [-0.3, -0.25) is 4.79 Å². The number of hydrogen-bond acceptors (Lipinski definition) is 5. The van der Waals surface area contributed by atoms with Crippen LogP contribution in [0.5, 0.6) is 0 Å². The van der Waals surface area contributed by atoms with Crippen molar-refractivity contribution in [2.24, 2.45) is 0 Å². The molecule has 9 heteroatoms. The Hall–Kier alpha value is -2.47. The largest absolute Gasteiger partial charge is 0.445 e. The lowest BCUT2D eigenvalue weighted by molar-refractivity contribution is -0.138. The van der Waals surface area contributed by atoms with E-state index in [4.69, 9.17) is 5.26 Å². The minimum absolute atomic E-state index is 0.0351. The number of carbonyl (C=O) groups excluding carboxylic acids is 1. The summed E-state index contributed by atoms with van der Waals surface area (Å²) >= 11 is 0.263. The molecule has 1 heterocycles. The molecule has 0 fully saturated rings. The van der Waals surface area contributed by atoms with E-state index in [9.17, 15) is 18.0 Å². The fourth-order valence-electron chi connectivity index (χ4n) is 1.43. The summed E-state index contributed by atoms with van der Waals surface area (Å²) in [5.74, 6) is -0.510. The Morgan fingerprint density at radius 2 is 1.95 bits per heavy atom. The Balaban J connectivity index is 1.98. The second kappa shape index (κ2) is 5.88. The highest BCUT2D eigenvalue weighted by molar-refractivity contribution is 7.15. The topological polar surface area (TPSA) is 78.7 Å². The van der Waals surface area contributed by atoms with Crippen molar-refractivity contribution in [2.75, 3.05) is 5.32 Å². The summed E-state index contributed by atoms with van der Waals surface area (Å²) in [4.78, 5) is 11.7. The highest BCUT2D eigenvalue weighted by Gasteiger charge is 2.35. The molecule has 0 saturated heterocycles. The van der Waals surface area contributed by atoms with E-state index < -0.39 is 17.1 Å². The summed E-state index contributed by atoms with van der Waals surface area (Å²) in [6.45, 7) is 0. The third-order valence-electron chi connectivity index (χ3n) is 2.36. The number of anilines is 1. The van der Waals surface area contributed by atoms with E-state index in [1.807, 2.05) is 6.07 Å². The maximum Gasteiger partial charge on any atom is 0.445 e. The fourth-order valence-corrected chi connectivity index (χ4v) is 2.06. The molecule has 1 aromatic heterocycles. The van der Waals surface area contributed by atoms with Crippen LogP contribution in [0.1, 0.15) is 16.1 Å². The van der Waals surface area contributed by atoms with Gasteiger partial charge in [0.2, 0.25) is 16.0 Å². The maximum absolute atomic E-state index is 12.3. The van der Waals surface area contributed by atoms with Gasteiger partial charge in [0.25, 0.3) is 0 Å². The first-order valence-corrected chi connectivity index (χ1v) is 6.40. The van der Waals surface area contributed by atoms with E-state index in [0.717, 1.165) is 0 Å². The number of benzene rings is 1. The first-order chi connectivity index (χ1) is 9.88. The Labute approximate surface area is 121 Å². The summed E-state index contributed by atoms with van der Waals surface area (Å²) in [6, 6.07) is 8.24. The molecule has 21 heavy (non-hydrogen) atoms. The molecular formula is C12H7F3N4OS. The zero-order chi connectivity index (χ0) is 15.5. The van der Waals surface area contributed by atoms with E-state index in [2.05, 4.69) is 15.5 Å². The molecule has 0 saturated carbocycles. The predicted molar refractivity (Wildman–Crippen MR) is 68.4 cm³/mol. The molecule has 0 aliphatic heterocycles. The third-order valence-corrected chi connectivity index (χ3v) is 3.25. The van der Waals surface area contributed by atoms with Crippen molar-refractivity contribution in [3.05, 3.63) is 40.4 Å². The fraction of sp³-hybridized carbons (Fsp3) is 0.167. The van der Waals surface area contributed by atoms with Crippen LogP contribution in [0.3, 0.4) is 0 Å². The lowest BCUT2D eigenvalue weighted by atomic mass is 10.1. The normalized spacial score (nSPS) is 11.0. The van der Waals surface area contributed by atoms with Crippen LogP contribution in [0.25, 0.3) is 0 Å². The summed E-state index contributed by atoms with van der Waals surface area (Å²) in [6.07, 6.45) is -4.61. The number of aromatic nitrogens is 2. The van der Waals surface area contributed by atoms with E-state index in [1.54, 1.807) is 24.3 Å². The summed E-state index contributed by atoms with van der Waals surface area (Å²) in [5.41, 5.74) is 1.09. The van der Waals surface area contributed by atoms with Crippen LogP contribution < -0.4 is 5.32 Å². The molecule has 0 unspecified atom stereocenters. The molecule has 1 N–H and O–H groups in total. The van der Waals surface area contributed by atoms with Gasteiger partial charge in [-0.1, -0.05) is 23.5 Å². The lowest BCUT2D eigenvalue weighted by Crippen LogP contribution is -2.14. The van der Waals surface area contributed by atoms with E-state index in [-0.39, 0.29) is 22.9 Å². The molecule has 1 amide bonds. The standard InChI is InChI=1S/C12H7F3N4OS/c13-12(14,15)10-18-19-11(21-10)17-9(20)5-7-1-3-8(6-16)4-2-7/h1-4H,5H2,(H,17,19,20). The zero-order valence-corrected chi connectivity index (χ0v) is 11.1.